The first-order chi connectivity index (χ1) is 11.6. The molecule has 6 nitrogen and oxygen atoms in total. The molecule has 0 atom stereocenters. The van der Waals surface area contributed by atoms with Crippen LogP contribution >= 0.6 is 0 Å². The highest BCUT2D eigenvalue weighted by molar-refractivity contribution is 6.08. The van der Waals surface area contributed by atoms with Gasteiger partial charge in [-0.1, -0.05) is 18.2 Å². The summed E-state index contributed by atoms with van der Waals surface area (Å²) in [5.41, 5.74) is 6.31. The van der Waals surface area contributed by atoms with Gasteiger partial charge in [0.2, 0.25) is 0 Å². The monoisotopic (exact) mass is 324 g/mol. The number of ether oxygens (including phenoxy) is 2. The van der Waals surface area contributed by atoms with Crippen molar-refractivity contribution >= 4 is 22.7 Å². The normalized spacial score (nSPS) is 10.5. The van der Waals surface area contributed by atoms with E-state index in [4.69, 9.17) is 15.2 Å². The highest BCUT2D eigenvalue weighted by Crippen LogP contribution is 2.21. The number of fused-ring (bicyclic) bond motifs is 1. The first-order valence-corrected chi connectivity index (χ1v) is 7.30. The summed E-state index contributed by atoms with van der Waals surface area (Å²) in [6, 6.07) is 14.0. The number of amides is 1. The lowest BCUT2D eigenvalue weighted by Gasteiger charge is -2.07. The number of rotatable bonds is 5. The molecule has 0 radical (unpaired) electrons. The highest BCUT2D eigenvalue weighted by Gasteiger charge is 2.16. The zero-order chi connectivity index (χ0) is 17.1. The van der Waals surface area contributed by atoms with Crippen LogP contribution < -0.4 is 15.2 Å². The maximum atomic E-state index is 12.5. The van der Waals surface area contributed by atoms with E-state index < -0.39 is 5.91 Å². The molecule has 0 aliphatic rings. The number of hydrogen-bond acceptors (Lipinski definition) is 4. The van der Waals surface area contributed by atoms with E-state index in [9.17, 15) is 9.59 Å². The Kier molecular flexibility index (Phi) is 4.20. The Morgan fingerprint density at radius 2 is 1.71 bits per heavy atom. The summed E-state index contributed by atoms with van der Waals surface area (Å²) in [6.07, 6.45) is 1.45. The SMILES string of the molecule is COc1ccc(OCC(=O)n2cc(C(N)=O)c3ccccc32)cc1. The Labute approximate surface area is 138 Å². The van der Waals surface area contributed by atoms with E-state index in [2.05, 4.69) is 0 Å². The van der Waals surface area contributed by atoms with E-state index in [0.717, 1.165) is 0 Å². The molecule has 122 valence electrons. The van der Waals surface area contributed by atoms with Gasteiger partial charge in [0.1, 0.15) is 11.5 Å². The Hall–Kier alpha value is -3.28. The molecule has 1 aromatic heterocycles. The lowest BCUT2D eigenvalue weighted by Crippen LogP contribution is -2.18. The fraction of sp³-hybridized carbons (Fsp3) is 0.111. The van der Waals surface area contributed by atoms with Crippen molar-refractivity contribution in [3.63, 3.8) is 0 Å². The smallest absolute Gasteiger partial charge is 0.269 e. The summed E-state index contributed by atoms with van der Waals surface area (Å²) >= 11 is 0. The molecule has 0 saturated heterocycles. The van der Waals surface area contributed by atoms with Crippen LogP contribution in [0.15, 0.2) is 54.7 Å². The van der Waals surface area contributed by atoms with Crippen LogP contribution in [0.2, 0.25) is 0 Å². The van der Waals surface area contributed by atoms with Crippen molar-refractivity contribution in [1.82, 2.24) is 4.57 Å². The highest BCUT2D eigenvalue weighted by atomic mass is 16.5. The van der Waals surface area contributed by atoms with Gasteiger partial charge in [0, 0.05) is 11.6 Å². The number of nitrogens with two attached hydrogens (primary N) is 1. The van der Waals surface area contributed by atoms with Gasteiger partial charge in [-0.2, -0.15) is 0 Å². The molecule has 1 amide bonds. The zero-order valence-electron chi connectivity index (χ0n) is 13.1. The number of carbonyl (C=O) groups excluding carboxylic acids is 2. The predicted molar refractivity (Wildman–Crippen MR) is 89.6 cm³/mol. The quantitative estimate of drug-likeness (QED) is 0.781. The number of primary amides is 1. The van der Waals surface area contributed by atoms with Gasteiger partial charge in [0.25, 0.3) is 11.8 Å². The van der Waals surface area contributed by atoms with Gasteiger partial charge in [0.15, 0.2) is 6.61 Å². The first kappa shape index (κ1) is 15.6. The van der Waals surface area contributed by atoms with E-state index >= 15 is 0 Å². The van der Waals surface area contributed by atoms with Crippen LogP contribution in [0, 0.1) is 0 Å². The second-order valence-corrected chi connectivity index (χ2v) is 5.15. The lowest BCUT2D eigenvalue weighted by molar-refractivity contribution is 0.0843. The van der Waals surface area contributed by atoms with E-state index in [1.54, 1.807) is 55.6 Å². The zero-order valence-corrected chi connectivity index (χ0v) is 13.1. The average Bonchev–Trinajstić information content (AvgIpc) is 3.00. The van der Waals surface area contributed by atoms with Gasteiger partial charge >= 0.3 is 0 Å². The minimum atomic E-state index is -0.575. The van der Waals surface area contributed by atoms with Crippen molar-refractivity contribution in [3.05, 3.63) is 60.3 Å². The summed E-state index contributed by atoms with van der Waals surface area (Å²) in [5.74, 6) is 0.384. The Bertz CT molecular complexity index is 897. The maximum Gasteiger partial charge on any atom is 0.269 e. The molecule has 0 bridgehead atoms. The molecule has 2 aromatic carbocycles. The maximum absolute atomic E-state index is 12.5. The number of nitrogens with zero attached hydrogens (tertiary/aromatic N) is 1. The van der Waals surface area contributed by atoms with Gasteiger partial charge in [0.05, 0.1) is 18.2 Å². The van der Waals surface area contributed by atoms with Crippen LogP contribution in [0.4, 0.5) is 0 Å². The number of benzene rings is 2. The lowest BCUT2D eigenvalue weighted by atomic mass is 10.2. The number of methoxy groups -OCH3 is 1. The third kappa shape index (κ3) is 2.94. The Morgan fingerprint density at radius 3 is 2.38 bits per heavy atom. The number of carbonyl (C=O) groups is 2. The van der Waals surface area contributed by atoms with Crippen LogP contribution in [0.5, 0.6) is 11.5 Å². The largest absolute Gasteiger partial charge is 0.497 e. The van der Waals surface area contributed by atoms with E-state index in [0.29, 0.717) is 28.0 Å². The van der Waals surface area contributed by atoms with Crippen molar-refractivity contribution < 1.29 is 19.1 Å². The van der Waals surface area contributed by atoms with Crippen LogP contribution in [0.3, 0.4) is 0 Å². The van der Waals surface area contributed by atoms with E-state index in [-0.39, 0.29) is 12.5 Å². The van der Waals surface area contributed by atoms with Crippen molar-refractivity contribution in [3.8, 4) is 11.5 Å². The molecule has 24 heavy (non-hydrogen) atoms. The molecular weight excluding hydrogens is 308 g/mol. The van der Waals surface area contributed by atoms with Crippen molar-refractivity contribution in [2.45, 2.75) is 0 Å². The summed E-state index contributed by atoms with van der Waals surface area (Å²) in [6.45, 7) is -0.163. The summed E-state index contributed by atoms with van der Waals surface area (Å²) in [4.78, 5) is 24.0. The fourth-order valence-corrected chi connectivity index (χ4v) is 2.47. The molecule has 3 aromatic rings. The van der Waals surface area contributed by atoms with E-state index in [1.807, 2.05) is 0 Å². The van der Waals surface area contributed by atoms with Gasteiger partial charge < -0.3 is 15.2 Å². The molecule has 0 aliphatic heterocycles. The third-order valence-electron chi connectivity index (χ3n) is 3.67. The standard InChI is InChI=1S/C18H16N2O4/c1-23-12-6-8-13(9-7-12)24-11-17(21)20-10-15(18(19)22)14-4-2-3-5-16(14)20/h2-10H,11H2,1H3,(H2,19,22). The molecule has 3 rings (SSSR count). The Balaban J connectivity index is 1.82. The molecule has 6 heteroatoms. The van der Waals surface area contributed by atoms with Gasteiger partial charge in [-0.3, -0.25) is 14.2 Å². The number of aromatic nitrogens is 1. The van der Waals surface area contributed by atoms with Crippen molar-refractivity contribution in [1.29, 1.82) is 0 Å². The number of hydrogen-bond donors (Lipinski definition) is 1. The molecule has 0 unspecified atom stereocenters. The molecule has 0 fully saturated rings. The summed E-state index contributed by atoms with van der Waals surface area (Å²) in [5, 5.41) is 0.641. The second-order valence-electron chi connectivity index (χ2n) is 5.15. The van der Waals surface area contributed by atoms with Crippen LogP contribution in [-0.2, 0) is 0 Å². The second kappa shape index (κ2) is 6.45. The Morgan fingerprint density at radius 1 is 1.04 bits per heavy atom. The van der Waals surface area contributed by atoms with Gasteiger partial charge in [-0.05, 0) is 30.3 Å². The summed E-state index contributed by atoms with van der Waals surface area (Å²) in [7, 11) is 1.58. The topological polar surface area (TPSA) is 83.6 Å². The minimum Gasteiger partial charge on any atom is -0.497 e. The van der Waals surface area contributed by atoms with Gasteiger partial charge in [-0.25, -0.2) is 0 Å². The molecule has 0 aliphatic carbocycles. The fourth-order valence-electron chi connectivity index (χ4n) is 2.47. The van der Waals surface area contributed by atoms with Gasteiger partial charge in [-0.15, -0.1) is 0 Å². The van der Waals surface area contributed by atoms with Crippen molar-refractivity contribution in [2.24, 2.45) is 5.73 Å². The van der Waals surface area contributed by atoms with Crippen LogP contribution in [0.1, 0.15) is 15.2 Å². The van der Waals surface area contributed by atoms with E-state index in [1.165, 1.54) is 10.8 Å². The van der Waals surface area contributed by atoms with Crippen LogP contribution in [0.25, 0.3) is 10.9 Å². The molecule has 1 heterocycles. The van der Waals surface area contributed by atoms with Crippen molar-refractivity contribution in [2.75, 3.05) is 13.7 Å². The predicted octanol–water partition coefficient (Wildman–Crippen LogP) is 2.47. The molecule has 0 spiro atoms. The van der Waals surface area contributed by atoms with Crippen LogP contribution in [-0.4, -0.2) is 30.1 Å². The third-order valence-corrected chi connectivity index (χ3v) is 3.67. The number of para-hydroxylation sites is 1. The molecule has 0 saturated carbocycles. The molecular formula is C18H16N2O4. The summed E-state index contributed by atoms with van der Waals surface area (Å²) < 4.78 is 12.0. The molecule has 2 N–H and O–H groups in total. The average molecular weight is 324 g/mol. The minimum absolute atomic E-state index is 0.163. The first-order valence-electron chi connectivity index (χ1n) is 7.30.